The lowest BCUT2D eigenvalue weighted by Gasteiger charge is -2.23. The number of methoxy groups -OCH3 is 1. The van der Waals surface area contributed by atoms with Gasteiger partial charge in [-0.15, -0.1) is 0 Å². The van der Waals surface area contributed by atoms with Gasteiger partial charge in [0.15, 0.2) is 0 Å². The lowest BCUT2D eigenvalue weighted by atomic mass is 9.95. The number of nitrogens with two attached hydrogens (primary N) is 1. The molecule has 0 aliphatic carbocycles. The van der Waals surface area contributed by atoms with Gasteiger partial charge < -0.3 is 15.8 Å². The van der Waals surface area contributed by atoms with Gasteiger partial charge in [-0.2, -0.15) is 0 Å². The molecule has 4 nitrogen and oxygen atoms in total. The van der Waals surface area contributed by atoms with Crippen molar-refractivity contribution in [3.8, 4) is 5.75 Å². The first-order valence-electron chi connectivity index (χ1n) is 7.31. The molecule has 1 atom stereocenters. The Balaban J connectivity index is 2.17. The molecule has 0 fully saturated rings. The van der Waals surface area contributed by atoms with Crippen LogP contribution in [-0.2, 0) is 0 Å². The molecular weight excluding hydrogens is 276 g/mol. The predicted molar refractivity (Wildman–Crippen MR) is 88.9 cm³/mol. The highest BCUT2D eigenvalue weighted by Gasteiger charge is 2.19. The molecule has 3 N–H and O–H groups in total. The monoisotopic (exact) mass is 298 g/mol. The summed E-state index contributed by atoms with van der Waals surface area (Å²) in [4.78, 5) is 12.4. The topological polar surface area (TPSA) is 64.3 Å². The van der Waals surface area contributed by atoms with Crippen molar-refractivity contribution in [2.75, 3.05) is 12.8 Å². The van der Waals surface area contributed by atoms with E-state index in [2.05, 4.69) is 19.2 Å². The number of rotatable bonds is 5. The third kappa shape index (κ3) is 3.79. The first-order valence-corrected chi connectivity index (χ1v) is 7.31. The zero-order valence-corrected chi connectivity index (χ0v) is 13.2. The summed E-state index contributed by atoms with van der Waals surface area (Å²) in [5.74, 6) is 0.969. The van der Waals surface area contributed by atoms with E-state index in [9.17, 15) is 4.79 Å². The van der Waals surface area contributed by atoms with Crippen LogP contribution < -0.4 is 15.8 Å². The summed E-state index contributed by atoms with van der Waals surface area (Å²) in [6, 6.07) is 14.6. The van der Waals surface area contributed by atoms with Gasteiger partial charge in [-0.05, 0) is 47.9 Å². The number of nitrogens with one attached hydrogen (secondary N) is 1. The number of carbonyl (C=O) groups is 1. The van der Waals surface area contributed by atoms with E-state index >= 15 is 0 Å². The summed E-state index contributed by atoms with van der Waals surface area (Å²) in [6.45, 7) is 4.16. The molecule has 22 heavy (non-hydrogen) atoms. The zero-order chi connectivity index (χ0) is 16.1. The van der Waals surface area contributed by atoms with Gasteiger partial charge in [0, 0.05) is 11.3 Å². The van der Waals surface area contributed by atoms with E-state index in [-0.39, 0.29) is 17.9 Å². The highest BCUT2D eigenvalue weighted by Crippen LogP contribution is 2.24. The highest BCUT2D eigenvalue weighted by atomic mass is 16.5. The SMILES string of the molecule is COc1ccc(C(NC(=O)c2ccc(N)cc2)C(C)C)cc1. The molecular formula is C18H22N2O2. The molecule has 0 saturated heterocycles. The summed E-state index contributed by atoms with van der Waals surface area (Å²) in [5.41, 5.74) is 7.96. The standard InChI is InChI=1S/C18H22N2O2/c1-12(2)17(13-6-10-16(22-3)11-7-13)20-18(21)14-4-8-15(19)9-5-14/h4-12,17H,19H2,1-3H3,(H,20,21). The summed E-state index contributed by atoms with van der Waals surface area (Å²) in [6.07, 6.45) is 0. The van der Waals surface area contributed by atoms with Gasteiger partial charge in [-0.25, -0.2) is 0 Å². The van der Waals surface area contributed by atoms with E-state index in [0.29, 0.717) is 11.3 Å². The smallest absolute Gasteiger partial charge is 0.251 e. The second kappa shape index (κ2) is 6.98. The minimum absolute atomic E-state index is 0.0593. The fourth-order valence-electron chi connectivity index (χ4n) is 2.31. The van der Waals surface area contributed by atoms with Crippen molar-refractivity contribution < 1.29 is 9.53 Å². The van der Waals surface area contributed by atoms with Crippen LogP contribution in [-0.4, -0.2) is 13.0 Å². The van der Waals surface area contributed by atoms with E-state index in [1.165, 1.54) is 0 Å². The maximum absolute atomic E-state index is 12.4. The highest BCUT2D eigenvalue weighted by molar-refractivity contribution is 5.94. The predicted octanol–water partition coefficient (Wildman–Crippen LogP) is 3.40. The third-order valence-electron chi connectivity index (χ3n) is 3.60. The minimum Gasteiger partial charge on any atom is -0.497 e. The van der Waals surface area contributed by atoms with Gasteiger partial charge in [-0.1, -0.05) is 26.0 Å². The Kier molecular flexibility index (Phi) is 5.04. The molecule has 116 valence electrons. The van der Waals surface area contributed by atoms with Gasteiger partial charge in [0.25, 0.3) is 5.91 Å². The van der Waals surface area contributed by atoms with Crippen molar-refractivity contribution in [2.24, 2.45) is 5.92 Å². The normalized spacial score (nSPS) is 12.0. The summed E-state index contributed by atoms with van der Waals surface area (Å²) in [5, 5.41) is 3.09. The number of nitrogen functional groups attached to an aromatic ring is 1. The number of hydrogen-bond donors (Lipinski definition) is 2. The average Bonchev–Trinajstić information content (AvgIpc) is 2.53. The van der Waals surface area contributed by atoms with Crippen LogP contribution in [0.5, 0.6) is 5.75 Å². The van der Waals surface area contributed by atoms with Gasteiger partial charge in [0.05, 0.1) is 13.2 Å². The third-order valence-corrected chi connectivity index (χ3v) is 3.60. The van der Waals surface area contributed by atoms with Gasteiger partial charge in [0.1, 0.15) is 5.75 Å². The van der Waals surface area contributed by atoms with E-state index < -0.39 is 0 Å². The van der Waals surface area contributed by atoms with Crippen LogP contribution in [0.25, 0.3) is 0 Å². The summed E-state index contributed by atoms with van der Waals surface area (Å²) < 4.78 is 5.17. The van der Waals surface area contributed by atoms with Gasteiger partial charge in [0.2, 0.25) is 0 Å². The summed E-state index contributed by atoms with van der Waals surface area (Å²) in [7, 11) is 1.64. The van der Waals surface area contributed by atoms with E-state index in [4.69, 9.17) is 10.5 Å². The second-order valence-corrected chi connectivity index (χ2v) is 5.59. The van der Waals surface area contributed by atoms with Gasteiger partial charge in [-0.3, -0.25) is 4.79 Å². The number of benzene rings is 2. The molecule has 0 radical (unpaired) electrons. The number of anilines is 1. The molecule has 2 aromatic rings. The first-order chi connectivity index (χ1) is 10.5. The van der Waals surface area contributed by atoms with Crippen LogP contribution in [0, 0.1) is 5.92 Å². The van der Waals surface area contributed by atoms with Crippen molar-refractivity contribution in [2.45, 2.75) is 19.9 Å². The molecule has 0 saturated carbocycles. The Labute approximate surface area is 131 Å². The minimum atomic E-state index is -0.102. The molecule has 4 heteroatoms. The van der Waals surface area contributed by atoms with Crippen molar-refractivity contribution in [1.29, 1.82) is 0 Å². The first kappa shape index (κ1) is 15.9. The molecule has 0 aliphatic heterocycles. The maximum Gasteiger partial charge on any atom is 0.251 e. The second-order valence-electron chi connectivity index (χ2n) is 5.59. The number of ether oxygens (including phenoxy) is 1. The molecule has 0 aromatic heterocycles. The van der Waals surface area contributed by atoms with Crippen molar-refractivity contribution >= 4 is 11.6 Å². The maximum atomic E-state index is 12.4. The Morgan fingerprint density at radius 3 is 2.14 bits per heavy atom. The molecule has 1 amide bonds. The zero-order valence-electron chi connectivity index (χ0n) is 13.2. The van der Waals surface area contributed by atoms with Gasteiger partial charge >= 0.3 is 0 Å². The molecule has 0 spiro atoms. The number of hydrogen-bond acceptors (Lipinski definition) is 3. The fraction of sp³-hybridized carbons (Fsp3) is 0.278. The quantitative estimate of drug-likeness (QED) is 0.831. The molecule has 2 aromatic carbocycles. The number of carbonyl (C=O) groups excluding carboxylic acids is 1. The van der Waals surface area contributed by atoms with Crippen LogP contribution in [0.2, 0.25) is 0 Å². The Morgan fingerprint density at radius 1 is 1.05 bits per heavy atom. The molecule has 0 bridgehead atoms. The van der Waals surface area contributed by atoms with Crippen LogP contribution >= 0.6 is 0 Å². The van der Waals surface area contributed by atoms with Crippen molar-refractivity contribution in [3.63, 3.8) is 0 Å². The van der Waals surface area contributed by atoms with Crippen LogP contribution in [0.3, 0.4) is 0 Å². The Bertz CT molecular complexity index is 619. The van der Waals surface area contributed by atoms with E-state index in [0.717, 1.165) is 11.3 Å². The lowest BCUT2D eigenvalue weighted by Crippen LogP contribution is -2.31. The Hall–Kier alpha value is -2.49. The van der Waals surface area contributed by atoms with Crippen molar-refractivity contribution in [3.05, 3.63) is 59.7 Å². The summed E-state index contributed by atoms with van der Waals surface area (Å²) >= 11 is 0. The van der Waals surface area contributed by atoms with Crippen LogP contribution in [0.15, 0.2) is 48.5 Å². The van der Waals surface area contributed by atoms with E-state index in [1.807, 2.05) is 24.3 Å². The molecule has 0 aliphatic rings. The molecule has 2 rings (SSSR count). The average molecular weight is 298 g/mol. The fourth-order valence-corrected chi connectivity index (χ4v) is 2.31. The molecule has 1 unspecified atom stereocenters. The lowest BCUT2D eigenvalue weighted by molar-refractivity contribution is 0.0925. The van der Waals surface area contributed by atoms with E-state index in [1.54, 1.807) is 31.4 Å². The molecule has 0 heterocycles. The van der Waals surface area contributed by atoms with Crippen LogP contribution in [0.4, 0.5) is 5.69 Å². The number of amides is 1. The van der Waals surface area contributed by atoms with Crippen LogP contribution in [0.1, 0.15) is 35.8 Å². The largest absolute Gasteiger partial charge is 0.497 e. The Morgan fingerprint density at radius 2 is 1.64 bits per heavy atom. The van der Waals surface area contributed by atoms with Crippen molar-refractivity contribution in [1.82, 2.24) is 5.32 Å².